The number of nitrogens with zero attached hydrogens (tertiary/aromatic N) is 1. The maximum atomic E-state index is 11.9. The van der Waals surface area contributed by atoms with Gasteiger partial charge in [-0.2, -0.15) is 0 Å². The van der Waals surface area contributed by atoms with Gasteiger partial charge in [-0.3, -0.25) is 0 Å². The fourth-order valence-corrected chi connectivity index (χ4v) is 1.97. The molecule has 0 spiro atoms. The minimum atomic E-state index is -0.0383. The van der Waals surface area contributed by atoms with Crippen LogP contribution in [-0.2, 0) is 6.54 Å². The van der Waals surface area contributed by atoms with E-state index in [2.05, 4.69) is 19.2 Å². The molecule has 1 aromatic rings. The molecule has 4 heteroatoms. The number of nitrogens with one attached hydrogen (secondary N) is 1. The summed E-state index contributed by atoms with van der Waals surface area (Å²) in [5.41, 5.74) is 1.03. The Morgan fingerprint density at radius 3 is 2.61 bits per heavy atom. The van der Waals surface area contributed by atoms with Gasteiger partial charge in [0, 0.05) is 24.7 Å². The summed E-state index contributed by atoms with van der Waals surface area (Å²) in [6, 6.07) is 7.78. The predicted molar refractivity (Wildman–Crippen MR) is 75.8 cm³/mol. The van der Waals surface area contributed by atoms with Crippen molar-refractivity contribution in [1.29, 1.82) is 0 Å². The summed E-state index contributed by atoms with van der Waals surface area (Å²) in [7, 11) is 1.79. The molecule has 1 N–H and O–H groups in total. The van der Waals surface area contributed by atoms with Gasteiger partial charge in [-0.05, 0) is 30.5 Å². The van der Waals surface area contributed by atoms with E-state index in [1.54, 1.807) is 11.9 Å². The molecule has 3 nitrogen and oxygen atoms in total. The number of urea groups is 1. The van der Waals surface area contributed by atoms with Gasteiger partial charge in [-0.25, -0.2) is 4.79 Å². The molecule has 0 saturated carbocycles. The second-order valence-corrected chi connectivity index (χ2v) is 4.89. The maximum absolute atomic E-state index is 11.9. The summed E-state index contributed by atoms with van der Waals surface area (Å²) in [5, 5.41) is 3.70. The van der Waals surface area contributed by atoms with Gasteiger partial charge in [0.1, 0.15) is 0 Å². The molecule has 100 valence electrons. The number of hydrogen-bond acceptors (Lipinski definition) is 1. The van der Waals surface area contributed by atoms with Crippen molar-refractivity contribution in [3.8, 4) is 0 Å². The minimum absolute atomic E-state index is 0.0383. The Morgan fingerprint density at radius 1 is 1.39 bits per heavy atom. The number of amides is 2. The van der Waals surface area contributed by atoms with Gasteiger partial charge >= 0.3 is 6.03 Å². The van der Waals surface area contributed by atoms with Crippen LogP contribution in [0.1, 0.15) is 32.3 Å². The number of halogens is 1. The van der Waals surface area contributed by atoms with Gasteiger partial charge in [0.15, 0.2) is 0 Å². The first-order valence-electron chi connectivity index (χ1n) is 6.32. The number of hydrogen-bond donors (Lipinski definition) is 1. The molecular weight excluding hydrogens is 248 g/mol. The molecule has 0 bridgehead atoms. The van der Waals surface area contributed by atoms with Crippen LogP contribution in [0.5, 0.6) is 0 Å². The van der Waals surface area contributed by atoms with Gasteiger partial charge in [-0.15, -0.1) is 0 Å². The first kappa shape index (κ1) is 14.8. The van der Waals surface area contributed by atoms with Crippen molar-refractivity contribution in [3.05, 3.63) is 34.9 Å². The average Bonchev–Trinajstić information content (AvgIpc) is 2.35. The lowest BCUT2D eigenvalue weighted by Gasteiger charge is -2.22. The Kier molecular flexibility index (Phi) is 5.99. The molecule has 0 aliphatic rings. The fraction of sp³-hybridized carbons (Fsp3) is 0.500. The lowest BCUT2D eigenvalue weighted by Crippen LogP contribution is -2.42. The summed E-state index contributed by atoms with van der Waals surface area (Å²) in [6.07, 6.45) is 1.90. The molecule has 2 amide bonds. The zero-order chi connectivity index (χ0) is 13.5. The van der Waals surface area contributed by atoms with Gasteiger partial charge in [0.05, 0.1) is 0 Å². The van der Waals surface area contributed by atoms with Crippen molar-refractivity contribution < 1.29 is 4.79 Å². The van der Waals surface area contributed by atoms with E-state index in [1.165, 1.54) is 0 Å². The normalized spacial score (nSPS) is 10.5. The van der Waals surface area contributed by atoms with Crippen LogP contribution < -0.4 is 5.32 Å². The molecule has 1 rings (SSSR count). The van der Waals surface area contributed by atoms with Crippen LogP contribution in [0.4, 0.5) is 4.79 Å². The van der Waals surface area contributed by atoms with E-state index in [9.17, 15) is 4.79 Å². The van der Waals surface area contributed by atoms with Crippen LogP contribution >= 0.6 is 11.6 Å². The van der Waals surface area contributed by atoms with Gasteiger partial charge < -0.3 is 10.2 Å². The summed E-state index contributed by atoms with van der Waals surface area (Å²) in [4.78, 5) is 13.6. The molecule has 0 fully saturated rings. The van der Waals surface area contributed by atoms with Crippen LogP contribution in [0.2, 0.25) is 5.02 Å². The summed E-state index contributed by atoms with van der Waals surface area (Å²) in [5.74, 6) is 0. The highest BCUT2D eigenvalue weighted by molar-refractivity contribution is 6.30. The number of carbonyl (C=O) groups is 1. The van der Waals surface area contributed by atoms with Gasteiger partial charge in [0.2, 0.25) is 0 Å². The largest absolute Gasteiger partial charge is 0.335 e. The third-order valence-electron chi connectivity index (χ3n) is 2.97. The first-order valence-corrected chi connectivity index (χ1v) is 6.70. The standard InChI is InChI=1S/C14H21ClN2O/c1-4-13(5-2)16-14(18)17(3)10-11-7-6-8-12(15)9-11/h6-9,13H,4-5,10H2,1-3H3,(H,16,18). The number of rotatable bonds is 5. The molecule has 0 saturated heterocycles. The Labute approximate surface area is 114 Å². The van der Waals surface area contributed by atoms with Gasteiger partial charge in [0.25, 0.3) is 0 Å². The molecule has 0 radical (unpaired) electrons. The van der Waals surface area contributed by atoms with Crippen molar-refractivity contribution in [2.45, 2.75) is 39.3 Å². The quantitative estimate of drug-likeness (QED) is 0.868. The molecule has 0 aliphatic carbocycles. The van der Waals surface area contributed by atoms with Crippen LogP contribution in [-0.4, -0.2) is 24.0 Å². The van der Waals surface area contributed by atoms with Crippen LogP contribution in [0, 0.1) is 0 Å². The molecule has 1 aromatic carbocycles. The summed E-state index contributed by atoms with van der Waals surface area (Å²) >= 11 is 5.92. The van der Waals surface area contributed by atoms with E-state index in [1.807, 2.05) is 24.3 Å². The minimum Gasteiger partial charge on any atom is -0.335 e. The van der Waals surface area contributed by atoms with E-state index >= 15 is 0 Å². The van der Waals surface area contributed by atoms with Crippen molar-refractivity contribution in [2.24, 2.45) is 0 Å². The maximum Gasteiger partial charge on any atom is 0.317 e. The fourth-order valence-electron chi connectivity index (χ4n) is 1.76. The smallest absolute Gasteiger partial charge is 0.317 e. The Balaban J connectivity index is 2.54. The molecule has 0 unspecified atom stereocenters. The zero-order valence-corrected chi connectivity index (χ0v) is 12.0. The van der Waals surface area contributed by atoms with Crippen molar-refractivity contribution in [1.82, 2.24) is 10.2 Å². The number of benzene rings is 1. The average molecular weight is 269 g/mol. The van der Waals surface area contributed by atoms with Crippen LogP contribution in [0.3, 0.4) is 0 Å². The molecule has 0 heterocycles. The topological polar surface area (TPSA) is 32.3 Å². The van der Waals surface area contributed by atoms with Crippen molar-refractivity contribution >= 4 is 17.6 Å². The third-order valence-corrected chi connectivity index (χ3v) is 3.20. The Bertz CT molecular complexity index is 391. The lowest BCUT2D eigenvalue weighted by atomic mass is 10.2. The SMILES string of the molecule is CCC(CC)NC(=O)N(C)Cc1cccc(Cl)c1. The van der Waals surface area contributed by atoms with E-state index in [-0.39, 0.29) is 12.1 Å². The van der Waals surface area contributed by atoms with E-state index < -0.39 is 0 Å². The molecular formula is C14H21ClN2O. The molecule has 18 heavy (non-hydrogen) atoms. The molecule has 0 aliphatic heterocycles. The van der Waals surface area contributed by atoms with Crippen molar-refractivity contribution in [2.75, 3.05) is 7.05 Å². The second-order valence-electron chi connectivity index (χ2n) is 4.45. The summed E-state index contributed by atoms with van der Waals surface area (Å²) in [6.45, 7) is 4.71. The molecule has 0 atom stereocenters. The zero-order valence-electron chi connectivity index (χ0n) is 11.2. The van der Waals surface area contributed by atoms with E-state index in [0.717, 1.165) is 18.4 Å². The van der Waals surface area contributed by atoms with Crippen LogP contribution in [0.15, 0.2) is 24.3 Å². The Hall–Kier alpha value is -1.22. The highest BCUT2D eigenvalue weighted by atomic mass is 35.5. The highest BCUT2D eigenvalue weighted by Gasteiger charge is 2.12. The Morgan fingerprint density at radius 2 is 2.06 bits per heavy atom. The molecule has 0 aromatic heterocycles. The van der Waals surface area contributed by atoms with E-state index in [4.69, 9.17) is 11.6 Å². The highest BCUT2D eigenvalue weighted by Crippen LogP contribution is 2.12. The van der Waals surface area contributed by atoms with E-state index in [0.29, 0.717) is 11.6 Å². The summed E-state index contributed by atoms with van der Waals surface area (Å²) < 4.78 is 0. The lowest BCUT2D eigenvalue weighted by molar-refractivity contribution is 0.202. The third kappa shape index (κ3) is 4.57. The van der Waals surface area contributed by atoms with Crippen molar-refractivity contribution in [3.63, 3.8) is 0 Å². The predicted octanol–water partition coefficient (Wildman–Crippen LogP) is 3.67. The number of carbonyl (C=O) groups excluding carboxylic acids is 1. The van der Waals surface area contributed by atoms with Crippen LogP contribution in [0.25, 0.3) is 0 Å². The monoisotopic (exact) mass is 268 g/mol. The van der Waals surface area contributed by atoms with Gasteiger partial charge in [-0.1, -0.05) is 37.6 Å². The first-order chi connectivity index (χ1) is 8.56. The second kappa shape index (κ2) is 7.27.